The highest BCUT2D eigenvalue weighted by atomic mass is 35.5. The van der Waals surface area contributed by atoms with Gasteiger partial charge in [-0.1, -0.05) is 35.3 Å². The Labute approximate surface area is 256 Å². The highest BCUT2D eigenvalue weighted by Crippen LogP contribution is 2.34. The summed E-state index contributed by atoms with van der Waals surface area (Å²) in [6.07, 6.45) is 0. The van der Waals surface area contributed by atoms with Crippen molar-refractivity contribution in [2.75, 3.05) is 0 Å². The van der Waals surface area contributed by atoms with Crippen LogP contribution in [0.5, 0.6) is 23.3 Å². The third-order valence-corrected chi connectivity index (χ3v) is 6.65. The molecule has 2 N–H and O–H groups in total. The second-order valence-electron chi connectivity index (χ2n) is 8.91. The van der Waals surface area contributed by atoms with Gasteiger partial charge >= 0.3 is 14.2 Å². The third-order valence-electron chi connectivity index (χ3n) is 6.10. The summed E-state index contributed by atoms with van der Waals surface area (Å²) < 4.78 is 44.3. The molecule has 2 aliphatic rings. The van der Waals surface area contributed by atoms with Gasteiger partial charge in [-0.2, -0.15) is 0 Å². The van der Waals surface area contributed by atoms with E-state index in [1.807, 2.05) is 0 Å². The Kier molecular flexibility index (Phi) is 7.54. The van der Waals surface area contributed by atoms with Crippen molar-refractivity contribution in [3.8, 4) is 23.3 Å². The smallest absolute Gasteiger partial charge is 0.438 e. The van der Waals surface area contributed by atoms with Gasteiger partial charge in [0.05, 0.1) is 40.4 Å². The number of benzene rings is 2. The Morgan fingerprint density at radius 2 is 1.29 bits per heavy atom. The fraction of sp³-hybridized carbons (Fsp3) is 0.143. The van der Waals surface area contributed by atoms with Crippen molar-refractivity contribution in [2.24, 2.45) is 0 Å². The predicted molar refractivity (Wildman–Crippen MR) is 158 cm³/mol. The quantitative estimate of drug-likeness (QED) is 0.242. The van der Waals surface area contributed by atoms with Crippen molar-refractivity contribution in [1.82, 2.24) is 9.97 Å². The molecule has 4 aromatic rings. The van der Waals surface area contributed by atoms with Crippen LogP contribution < -0.4 is 20.4 Å². The summed E-state index contributed by atoms with van der Waals surface area (Å²) >= 11 is 12.1. The normalized spacial score (nSPS) is 17.0. The Morgan fingerprint density at radius 1 is 0.810 bits per heavy atom. The monoisotopic (exact) mass is 603 g/mol. The molecule has 0 saturated heterocycles. The van der Waals surface area contributed by atoms with Gasteiger partial charge in [-0.05, 0) is 72.3 Å². The van der Waals surface area contributed by atoms with Gasteiger partial charge in [0.25, 0.3) is 0 Å². The summed E-state index contributed by atoms with van der Waals surface area (Å²) in [5.41, 5.74) is 3.33. The lowest BCUT2D eigenvalue weighted by Crippen LogP contribution is -2.27. The van der Waals surface area contributed by atoms with E-state index >= 15 is 0 Å². The van der Waals surface area contributed by atoms with Gasteiger partial charge in [0.15, 0.2) is 0 Å². The summed E-state index contributed by atoms with van der Waals surface area (Å²) in [6.45, 7) is 14.4. The van der Waals surface area contributed by atoms with Crippen LogP contribution in [0.1, 0.15) is 26.6 Å². The van der Waals surface area contributed by atoms with Gasteiger partial charge in [-0.25, -0.2) is 19.7 Å². The second-order valence-corrected chi connectivity index (χ2v) is 9.72. The number of nitrogens with zero attached hydrogens (tertiary/aromatic N) is 4. The molecular formula is C28H20B2Cl2N4O6. The van der Waals surface area contributed by atoms with Crippen molar-refractivity contribution in [1.29, 1.82) is 0 Å². The molecule has 4 heterocycles. The summed E-state index contributed by atoms with van der Waals surface area (Å²) in [7, 11) is -2.40. The van der Waals surface area contributed by atoms with Crippen LogP contribution in [0.15, 0.2) is 48.5 Å². The van der Waals surface area contributed by atoms with Crippen LogP contribution in [0.2, 0.25) is 10.0 Å². The average Bonchev–Trinajstić information content (AvgIpc) is 3.41. The van der Waals surface area contributed by atoms with E-state index in [1.165, 1.54) is 24.3 Å². The Morgan fingerprint density at radius 3 is 1.81 bits per heavy atom. The minimum absolute atomic E-state index is 0.122. The third kappa shape index (κ3) is 6.20. The number of pyridine rings is 2. The van der Waals surface area contributed by atoms with E-state index in [0.29, 0.717) is 50.8 Å². The van der Waals surface area contributed by atoms with Crippen LogP contribution in [0.25, 0.3) is 9.69 Å². The zero-order valence-corrected chi connectivity index (χ0v) is 23.4. The molecular weight excluding hydrogens is 581 g/mol. The van der Waals surface area contributed by atoms with Crippen molar-refractivity contribution >= 4 is 59.7 Å². The number of aryl methyl sites for hydroxylation is 2. The fourth-order valence-corrected chi connectivity index (χ4v) is 4.30. The van der Waals surface area contributed by atoms with Crippen LogP contribution in [0.4, 0.5) is 11.4 Å². The number of ether oxygens (including phenoxy) is 2. The lowest BCUT2D eigenvalue weighted by atomic mass is 9.80. The number of hydrogen-bond acceptors (Lipinski definition) is 8. The Hall–Kier alpha value is -4.13. The molecule has 0 bridgehead atoms. The average molecular weight is 604 g/mol. The lowest BCUT2D eigenvalue weighted by Gasteiger charge is -2.09. The number of hydrogen-bond donors (Lipinski definition) is 2. The first-order valence-corrected chi connectivity index (χ1v) is 12.9. The van der Waals surface area contributed by atoms with Crippen LogP contribution >= 0.6 is 23.2 Å². The van der Waals surface area contributed by atoms with E-state index in [0.717, 1.165) is 0 Å². The molecule has 2 aromatic heterocycles. The van der Waals surface area contributed by atoms with Gasteiger partial charge in [0.1, 0.15) is 11.5 Å². The van der Waals surface area contributed by atoms with E-state index in [4.69, 9.17) is 59.2 Å². The van der Waals surface area contributed by atoms with Gasteiger partial charge in [0, 0.05) is 11.4 Å². The van der Waals surface area contributed by atoms with Crippen molar-refractivity contribution < 1.29 is 32.9 Å². The number of halogens is 2. The van der Waals surface area contributed by atoms with Gasteiger partial charge in [0.2, 0.25) is 23.1 Å². The topological polar surface area (TPSA) is 112 Å². The molecule has 0 spiro atoms. The summed E-state index contributed by atoms with van der Waals surface area (Å²) in [5.74, 6) is 1.04. The second kappa shape index (κ2) is 12.4. The van der Waals surface area contributed by atoms with Crippen molar-refractivity contribution in [2.45, 2.75) is 27.0 Å². The van der Waals surface area contributed by atoms with Crippen LogP contribution in [-0.2, 0) is 22.5 Å². The highest BCUT2D eigenvalue weighted by Gasteiger charge is 2.28. The largest absolute Gasteiger partial charge is 0.491 e. The zero-order chi connectivity index (χ0) is 32.6. The molecule has 208 valence electrons. The molecule has 2 aliphatic heterocycles. The highest BCUT2D eigenvalue weighted by molar-refractivity contribution is 6.62. The van der Waals surface area contributed by atoms with Crippen molar-refractivity contribution in [3.05, 3.63) is 104 Å². The summed E-state index contributed by atoms with van der Waals surface area (Å²) in [4.78, 5) is 14.9. The van der Waals surface area contributed by atoms with Gasteiger partial charge in [-0.3, -0.25) is 0 Å². The van der Waals surface area contributed by atoms with Crippen molar-refractivity contribution in [3.63, 3.8) is 0 Å². The van der Waals surface area contributed by atoms with Gasteiger partial charge in [-0.15, -0.1) is 0 Å². The zero-order valence-electron chi connectivity index (χ0n) is 24.9. The molecule has 0 fully saturated rings. The fourth-order valence-electron chi connectivity index (χ4n) is 3.93. The number of rotatable bonds is 4. The predicted octanol–water partition coefficient (Wildman–Crippen LogP) is 5.21. The molecule has 0 amide bonds. The molecule has 6 rings (SSSR count). The van der Waals surface area contributed by atoms with E-state index in [-0.39, 0.29) is 27.4 Å². The van der Waals surface area contributed by atoms with E-state index in [1.54, 1.807) is 38.1 Å². The van der Waals surface area contributed by atoms with E-state index < -0.39 is 27.4 Å². The van der Waals surface area contributed by atoms with E-state index in [9.17, 15) is 10.0 Å². The number of aromatic nitrogens is 2. The molecule has 2 aromatic carbocycles. The van der Waals surface area contributed by atoms with Crippen LogP contribution in [0, 0.1) is 27.0 Å². The maximum atomic E-state index is 9.67. The molecule has 10 nitrogen and oxygen atoms in total. The maximum absolute atomic E-state index is 9.67. The molecule has 0 saturated carbocycles. The van der Waals surface area contributed by atoms with Crippen LogP contribution in [0.3, 0.4) is 0 Å². The lowest BCUT2D eigenvalue weighted by molar-refractivity contribution is 0.274. The summed E-state index contributed by atoms with van der Waals surface area (Å²) in [6, 6.07) is 12.4. The molecule has 1 unspecified atom stereocenters. The standard InChI is InChI=1S/2C14H10BClN2O3/c2*1-8-13(17-2)6-12(16)14(18-8)21-10-3-4-11-9(5-10)7-20-15(11)19/h2*3-6,19H,7H2,1H3/i7D2;7D. The molecule has 0 radical (unpaired) electrons. The molecule has 42 heavy (non-hydrogen) atoms. The molecule has 1 atom stereocenters. The maximum Gasteiger partial charge on any atom is 0.491 e. The Bertz CT molecular complexity index is 1910. The minimum atomic E-state index is -2.10. The minimum Gasteiger partial charge on any atom is -0.438 e. The SMILES string of the molecule is [2H]C1([2H])OB(O)c2ccc(Oc3nc(C)c([N+]#[C-])cc3Cl)cc21.[2H]C1OB(O)c2ccc(Oc3nc(C)c([N+]#[C-])cc3Cl)cc21. The molecule has 14 heteroatoms. The Balaban J connectivity index is 0.000000178. The first-order valence-electron chi connectivity index (χ1n) is 13.7. The van der Waals surface area contributed by atoms with Gasteiger partial charge < -0.3 is 28.8 Å². The summed E-state index contributed by atoms with van der Waals surface area (Å²) in [5, 5.41) is 19.7. The first kappa shape index (κ1) is 25.6. The van der Waals surface area contributed by atoms with Crippen LogP contribution in [-0.4, -0.2) is 34.3 Å². The van der Waals surface area contributed by atoms with E-state index in [2.05, 4.69) is 19.7 Å². The molecule has 0 aliphatic carbocycles. The number of fused-ring (bicyclic) bond motifs is 2. The first-order chi connectivity index (χ1) is 21.3.